The average Bonchev–Trinajstić information content (AvgIpc) is 2.35. The Morgan fingerprint density at radius 3 is 2.29 bits per heavy atom. The maximum absolute atomic E-state index is 6.02. The molecule has 2 aromatic rings. The Balaban J connectivity index is 2.03. The van der Waals surface area contributed by atoms with Gasteiger partial charge in [-0.2, -0.15) is 0 Å². The minimum Gasteiger partial charge on any atom is -0.217 e. The molecule has 1 aromatic carbocycles. The van der Waals surface area contributed by atoms with Crippen LogP contribution in [0, 0.1) is 0 Å². The number of benzene rings is 1. The van der Waals surface area contributed by atoms with Crippen molar-refractivity contribution in [2.24, 2.45) is 0 Å². The van der Waals surface area contributed by atoms with Gasteiger partial charge in [-0.3, -0.25) is 0 Å². The van der Waals surface area contributed by atoms with E-state index in [4.69, 9.17) is 4.42 Å². The first-order chi connectivity index (χ1) is 8.24. The Kier molecular flexibility index (Phi) is 2.47. The molecule has 86 valence electrons. The van der Waals surface area contributed by atoms with E-state index in [2.05, 4.69) is 50.2 Å². The summed E-state index contributed by atoms with van der Waals surface area (Å²) in [7, 11) is 0. The number of hydrogen-bond donors (Lipinski definition) is 0. The third-order valence-electron chi connectivity index (χ3n) is 3.47. The fourth-order valence-corrected chi connectivity index (χ4v) is 2.42. The van der Waals surface area contributed by atoms with Crippen LogP contribution in [0.1, 0.15) is 48.0 Å². The molecule has 0 amide bonds. The molecule has 17 heavy (non-hydrogen) atoms. The third-order valence-corrected chi connectivity index (χ3v) is 3.47. The minimum atomic E-state index is 0.456. The van der Waals surface area contributed by atoms with Crippen molar-refractivity contribution < 1.29 is 4.42 Å². The van der Waals surface area contributed by atoms with E-state index in [1.54, 1.807) is 0 Å². The van der Waals surface area contributed by atoms with Crippen LogP contribution < -0.4 is 0 Å². The van der Waals surface area contributed by atoms with Gasteiger partial charge in [0.1, 0.15) is 0 Å². The Bertz CT molecular complexity index is 555. The summed E-state index contributed by atoms with van der Waals surface area (Å²) in [6.07, 6.45) is 1.94. The monoisotopic (exact) mass is 225 g/mol. The molecule has 1 heteroatoms. The predicted octanol–water partition coefficient (Wildman–Crippen LogP) is 4.18. The molecule has 1 nitrogen and oxygen atoms in total. The molecule has 0 fully saturated rings. The summed E-state index contributed by atoms with van der Waals surface area (Å²) >= 11 is 0. The van der Waals surface area contributed by atoms with Crippen LogP contribution in [0.5, 0.6) is 0 Å². The van der Waals surface area contributed by atoms with Crippen molar-refractivity contribution in [3.63, 3.8) is 0 Å². The van der Waals surface area contributed by atoms with Crippen molar-refractivity contribution in [1.29, 1.82) is 0 Å². The molecule has 1 aliphatic rings. The van der Waals surface area contributed by atoms with Crippen molar-refractivity contribution in [2.75, 3.05) is 0 Å². The van der Waals surface area contributed by atoms with Gasteiger partial charge in [-0.25, -0.2) is 4.42 Å². The van der Waals surface area contributed by atoms with Crippen LogP contribution in [-0.4, -0.2) is 0 Å². The van der Waals surface area contributed by atoms with Gasteiger partial charge in [0.2, 0.25) is 0 Å². The average molecular weight is 225 g/mol. The molecule has 1 aliphatic carbocycles. The van der Waals surface area contributed by atoms with Gasteiger partial charge in [0.05, 0.1) is 17.9 Å². The first-order valence-electron chi connectivity index (χ1n) is 6.25. The summed E-state index contributed by atoms with van der Waals surface area (Å²) in [5.74, 6) is 2.69. The lowest BCUT2D eigenvalue weighted by Gasteiger charge is -2.13. The van der Waals surface area contributed by atoms with Crippen molar-refractivity contribution in [2.45, 2.75) is 32.6 Å². The second kappa shape index (κ2) is 3.99. The molecule has 0 bridgehead atoms. The molecule has 0 unspecified atom stereocenters. The van der Waals surface area contributed by atoms with Gasteiger partial charge in [-0.05, 0) is 17.2 Å². The van der Waals surface area contributed by atoms with E-state index in [-0.39, 0.29) is 0 Å². The highest BCUT2D eigenvalue weighted by molar-refractivity contribution is 5.41. The molecule has 0 spiro atoms. The Morgan fingerprint density at radius 2 is 1.59 bits per heavy atom. The lowest BCUT2D eigenvalue weighted by molar-refractivity contribution is 0.428. The van der Waals surface area contributed by atoms with E-state index >= 15 is 0 Å². The van der Waals surface area contributed by atoms with Crippen LogP contribution in [0.2, 0.25) is 0 Å². The van der Waals surface area contributed by atoms with E-state index in [1.165, 1.54) is 16.7 Å². The highest BCUT2D eigenvalue weighted by Gasteiger charge is 2.26. The topological polar surface area (TPSA) is 11.3 Å². The van der Waals surface area contributed by atoms with Crippen LogP contribution in [0.25, 0.3) is 0 Å². The van der Waals surface area contributed by atoms with E-state index in [0.29, 0.717) is 5.92 Å². The first-order valence-corrected chi connectivity index (χ1v) is 6.25. The molecule has 0 saturated heterocycles. The zero-order valence-electron chi connectivity index (χ0n) is 10.4. The lowest BCUT2D eigenvalue weighted by Crippen LogP contribution is -2.07. The smallest absolute Gasteiger partial charge is 0.217 e. The maximum atomic E-state index is 6.02. The summed E-state index contributed by atoms with van der Waals surface area (Å²) in [4.78, 5) is 0. The normalized spacial score (nSPS) is 13.4. The number of fused-ring (bicyclic) bond motifs is 2. The molecule has 0 saturated carbocycles. The van der Waals surface area contributed by atoms with Gasteiger partial charge in [0.15, 0.2) is 0 Å². The highest BCUT2D eigenvalue weighted by atomic mass is 16.3. The summed E-state index contributed by atoms with van der Waals surface area (Å²) in [6, 6.07) is 13.0. The van der Waals surface area contributed by atoms with Gasteiger partial charge in [-0.15, -0.1) is 0 Å². The Labute approximate surface area is 102 Å². The zero-order valence-corrected chi connectivity index (χ0v) is 10.4. The largest absolute Gasteiger partial charge is 0.337 e. The van der Waals surface area contributed by atoms with Crippen LogP contribution in [-0.2, 0) is 12.8 Å². The maximum Gasteiger partial charge on any atom is 0.337 e. The molecule has 0 N–H and O–H groups in total. The molecular formula is C16H17O+. The van der Waals surface area contributed by atoms with E-state index in [9.17, 15) is 0 Å². The minimum absolute atomic E-state index is 0.456. The number of rotatable bonds is 1. The van der Waals surface area contributed by atoms with Crippen LogP contribution in [0.3, 0.4) is 0 Å². The summed E-state index contributed by atoms with van der Waals surface area (Å²) in [5.41, 5.74) is 4.19. The Morgan fingerprint density at radius 1 is 0.882 bits per heavy atom. The van der Waals surface area contributed by atoms with Crippen molar-refractivity contribution >= 4 is 0 Å². The van der Waals surface area contributed by atoms with E-state index in [0.717, 1.165) is 24.4 Å². The Hall–Kier alpha value is -1.63. The second-order valence-corrected chi connectivity index (χ2v) is 5.06. The van der Waals surface area contributed by atoms with Gasteiger partial charge < -0.3 is 0 Å². The van der Waals surface area contributed by atoms with E-state index < -0.39 is 0 Å². The van der Waals surface area contributed by atoms with Crippen LogP contribution in [0.4, 0.5) is 0 Å². The molecule has 0 aliphatic heterocycles. The summed E-state index contributed by atoms with van der Waals surface area (Å²) in [6.45, 7) is 4.34. The van der Waals surface area contributed by atoms with Crippen molar-refractivity contribution in [1.82, 2.24) is 0 Å². The molecular weight excluding hydrogens is 208 g/mol. The van der Waals surface area contributed by atoms with Gasteiger partial charge in [-0.1, -0.05) is 38.1 Å². The van der Waals surface area contributed by atoms with Crippen molar-refractivity contribution in [3.8, 4) is 0 Å². The molecule has 3 rings (SSSR count). The molecule has 1 aromatic heterocycles. The SMILES string of the molecule is CC(C)c1ccc2c([o+]1)Cc1ccccc1C2. The van der Waals surface area contributed by atoms with Gasteiger partial charge in [0, 0.05) is 12.5 Å². The standard InChI is InChI=1S/C16H17O/c1-11(2)15-8-7-14-9-12-5-3-4-6-13(12)10-16(14)17-15/h3-8,11H,9-10H2,1-2H3/q+1. The molecule has 1 heterocycles. The fourth-order valence-electron chi connectivity index (χ4n) is 2.42. The fraction of sp³-hybridized carbons (Fsp3) is 0.312. The molecule has 0 radical (unpaired) electrons. The molecule has 0 atom stereocenters. The first kappa shape index (κ1) is 10.5. The second-order valence-electron chi connectivity index (χ2n) is 5.06. The van der Waals surface area contributed by atoms with E-state index in [1.807, 2.05) is 0 Å². The van der Waals surface area contributed by atoms with Gasteiger partial charge in [0.25, 0.3) is 0 Å². The van der Waals surface area contributed by atoms with Crippen LogP contribution in [0.15, 0.2) is 40.8 Å². The highest BCUT2D eigenvalue weighted by Crippen LogP contribution is 2.29. The summed E-state index contributed by atoms with van der Waals surface area (Å²) < 4.78 is 6.02. The summed E-state index contributed by atoms with van der Waals surface area (Å²) in [5, 5.41) is 0. The quantitative estimate of drug-likeness (QED) is 0.565. The van der Waals surface area contributed by atoms with Crippen molar-refractivity contribution in [3.05, 3.63) is 64.6 Å². The van der Waals surface area contributed by atoms with Crippen LogP contribution >= 0.6 is 0 Å². The lowest BCUT2D eigenvalue weighted by atomic mass is 9.90. The number of hydrogen-bond acceptors (Lipinski definition) is 0. The predicted molar refractivity (Wildman–Crippen MR) is 69.3 cm³/mol. The zero-order chi connectivity index (χ0) is 11.8. The third kappa shape index (κ3) is 1.86. The van der Waals surface area contributed by atoms with Gasteiger partial charge >= 0.3 is 11.5 Å².